The topological polar surface area (TPSA) is 21.6 Å². The molecular formula is C27H17Br2NO. The Morgan fingerprint density at radius 2 is 1.45 bits per heavy atom. The molecule has 1 aliphatic rings. The van der Waals surface area contributed by atoms with E-state index < -0.39 is 0 Å². The van der Waals surface area contributed by atoms with E-state index in [0.717, 1.165) is 38.1 Å². The van der Waals surface area contributed by atoms with E-state index >= 15 is 0 Å². The van der Waals surface area contributed by atoms with Gasteiger partial charge in [0.2, 0.25) is 0 Å². The summed E-state index contributed by atoms with van der Waals surface area (Å²) in [6.45, 7) is 0. The first-order valence-corrected chi connectivity index (χ1v) is 11.7. The van der Waals surface area contributed by atoms with Gasteiger partial charge in [0.1, 0.15) is 5.75 Å². The smallest absolute Gasteiger partial charge is 0.128 e. The van der Waals surface area contributed by atoms with Gasteiger partial charge in [-0.25, -0.2) is 0 Å². The molecule has 0 saturated heterocycles. The van der Waals surface area contributed by atoms with Crippen molar-refractivity contribution in [3.05, 3.63) is 92.9 Å². The monoisotopic (exact) mass is 529 g/mol. The van der Waals surface area contributed by atoms with Crippen molar-refractivity contribution in [1.82, 2.24) is 0 Å². The molecule has 0 aromatic heterocycles. The molecular weight excluding hydrogens is 514 g/mol. The van der Waals surface area contributed by atoms with Gasteiger partial charge in [0.25, 0.3) is 0 Å². The predicted molar refractivity (Wildman–Crippen MR) is 137 cm³/mol. The van der Waals surface area contributed by atoms with Crippen molar-refractivity contribution in [2.75, 3.05) is 7.11 Å². The highest BCUT2D eigenvalue weighted by molar-refractivity contribution is 9.10. The lowest BCUT2D eigenvalue weighted by atomic mass is 9.92. The van der Waals surface area contributed by atoms with Crippen LogP contribution in [0.4, 0.5) is 5.69 Å². The number of benzene rings is 5. The molecule has 0 N–H and O–H groups in total. The van der Waals surface area contributed by atoms with Gasteiger partial charge >= 0.3 is 0 Å². The van der Waals surface area contributed by atoms with Crippen LogP contribution in [-0.2, 0) is 6.42 Å². The van der Waals surface area contributed by atoms with Gasteiger partial charge in [0.05, 0.1) is 18.5 Å². The highest BCUT2D eigenvalue weighted by atomic mass is 79.9. The Morgan fingerprint density at radius 3 is 2.23 bits per heavy atom. The van der Waals surface area contributed by atoms with Crippen LogP contribution in [0, 0.1) is 0 Å². The van der Waals surface area contributed by atoms with Gasteiger partial charge in [0, 0.05) is 26.3 Å². The third-order valence-electron chi connectivity index (χ3n) is 6.11. The molecule has 150 valence electrons. The van der Waals surface area contributed by atoms with E-state index in [4.69, 9.17) is 9.73 Å². The van der Waals surface area contributed by atoms with E-state index in [2.05, 4.69) is 98.6 Å². The minimum absolute atomic E-state index is 0.773. The summed E-state index contributed by atoms with van der Waals surface area (Å²) in [6, 6.07) is 25.6. The van der Waals surface area contributed by atoms with Crippen molar-refractivity contribution in [2.24, 2.45) is 4.99 Å². The largest absolute Gasteiger partial charge is 0.496 e. The van der Waals surface area contributed by atoms with Gasteiger partial charge in [-0.3, -0.25) is 4.99 Å². The zero-order chi connectivity index (χ0) is 21.1. The van der Waals surface area contributed by atoms with Crippen LogP contribution in [0.25, 0.3) is 32.3 Å². The summed E-state index contributed by atoms with van der Waals surface area (Å²) in [6.07, 6.45) is 0.773. The highest BCUT2D eigenvalue weighted by Crippen LogP contribution is 2.45. The number of methoxy groups -OCH3 is 1. The fourth-order valence-electron chi connectivity index (χ4n) is 4.75. The van der Waals surface area contributed by atoms with E-state index in [-0.39, 0.29) is 0 Å². The Morgan fingerprint density at radius 1 is 0.742 bits per heavy atom. The molecule has 1 aliphatic heterocycles. The lowest BCUT2D eigenvalue weighted by Crippen LogP contribution is -2.04. The Labute approximate surface area is 196 Å². The average molecular weight is 531 g/mol. The van der Waals surface area contributed by atoms with E-state index in [1.165, 1.54) is 37.9 Å². The van der Waals surface area contributed by atoms with Gasteiger partial charge in [-0.15, -0.1) is 0 Å². The molecule has 0 amide bonds. The second-order valence-corrected chi connectivity index (χ2v) is 9.64. The molecule has 0 radical (unpaired) electrons. The number of ether oxygens (including phenoxy) is 1. The molecule has 2 nitrogen and oxygen atoms in total. The minimum Gasteiger partial charge on any atom is -0.496 e. The maximum Gasteiger partial charge on any atom is 0.128 e. The second kappa shape index (κ2) is 7.18. The van der Waals surface area contributed by atoms with E-state index in [0.29, 0.717) is 0 Å². The molecule has 0 aliphatic carbocycles. The fraction of sp³-hybridized carbons (Fsp3) is 0.0741. The van der Waals surface area contributed by atoms with Crippen LogP contribution in [-0.4, -0.2) is 12.8 Å². The SMILES string of the molecule is COc1ccc2ccccc2c1C1=Nc2c(c3cc(Br)ccc3c3ccc(Br)cc23)C1. The number of halogens is 2. The maximum atomic E-state index is 5.78. The lowest BCUT2D eigenvalue weighted by Gasteiger charge is -2.12. The Bertz CT molecular complexity index is 1570. The van der Waals surface area contributed by atoms with Crippen LogP contribution in [0.3, 0.4) is 0 Å². The molecule has 6 rings (SSSR count). The molecule has 0 unspecified atom stereocenters. The first kappa shape index (κ1) is 19.0. The zero-order valence-corrected chi connectivity index (χ0v) is 19.9. The summed E-state index contributed by atoms with van der Waals surface area (Å²) in [7, 11) is 1.73. The number of hydrogen-bond acceptors (Lipinski definition) is 2. The van der Waals surface area contributed by atoms with Crippen LogP contribution in [0.1, 0.15) is 11.1 Å². The Balaban J connectivity index is 1.69. The summed E-state index contributed by atoms with van der Waals surface area (Å²) in [5.41, 5.74) is 4.47. The number of fused-ring (bicyclic) bond motifs is 7. The summed E-state index contributed by atoms with van der Waals surface area (Å²) in [5.74, 6) is 0.862. The fourth-order valence-corrected chi connectivity index (χ4v) is 5.47. The van der Waals surface area contributed by atoms with Gasteiger partial charge in [-0.2, -0.15) is 0 Å². The molecule has 0 saturated carbocycles. The summed E-state index contributed by atoms with van der Waals surface area (Å²) in [5, 5.41) is 7.26. The Hall–Kier alpha value is -2.69. The highest BCUT2D eigenvalue weighted by Gasteiger charge is 2.25. The van der Waals surface area contributed by atoms with Crippen LogP contribution >= 0.6 is 31.9 Å². The van der Waals surface area contributed by atoms with Crippen molar-refractivity contribution >= 4 is 75.6 Å². The number of rotatable bonds is 2. The summed E-state index contributed by atoms with van der Waals surface area (Å²) < 4.78 is 7.92. The second-order valence-electron chi connectivity index (χ2n) is 7.81. The van der Waals surface area contributed by atoms with E-state index in [9.17, 15) is 0 Å². The molecule has 0 atom stereocenters. The van der Waals surface area contributed by atoms with Gasteiger partial charge in [0.15, 0.2) is 0 Å². The number of aliphatic imine (C=N–C) groups is 1. The standard InChI is InChI=1S/C27H17Br2NO/c1-31-25-11-6-15-4-2-3-5-18(15)26(25)24-14-23-21-12-16(28)7-9-19(21)20-10-8-17(29)13-22(20)27(23)30-24/h2-13H,14H2,1H3. The first-order valence-electron chi connectivity index (χ1n) is 10.1. The average Bonchev–Trinajstić information content (AvgIpc) is 3.24. The molecule has 0 spiro atoms. The third-order valence-corrected chi connectivity index (χ3v) is 7.10. The minimum atomic E-state index is 0.773. The molecule has 5 aromatic rings. The van der Waals surface area contributed by atoms with Crippen molar-refractivity contribution in [3.8, 4) is 5.75 Å². The first-order chi connectivity index (χ1) is 15.1. The van der Waals surface area contributed by atoms with Crippen molar-refractivity contribution in [3.63, 3.8) is 0 Å². The van der Waals surface area contributed by atoms with Crippen LogP contribution < -0.4 is 4.74 Å². The van der Waals surface area contributed by atoms with Crippen LogP contribution in [0.5, 0.6) is 5.75 Å². The van der Waals surface area contributed by atoms with Crippen molar-refractivity contribution < 1.29 is 4.74 Å². The molecule has 5 aromatic carbocycles. The normalized spacial score (nSPS) is 13.1. The molecule has 0 fully saturated rings. The van der Waals surface area contributed by atoms with Crippen LogP contribution in [0.15, 0.2) is 86.7 Å². The summed E-state index contributed by atoms with van der Waals surface area (Å²) in [4.78, 5) is 5.23. The van der Waals surface area contributed by atoms with Gasteiger partial charge < -0.3 is 4.74 Å². The third kappa shape index (κ3) is 2.93. The zero-order valence-electron chi connectivity index (χ0n) is 16.7. The predicted octanol–water partition coefficient (Wildman–Crippen LogP) is 8.36. The summed E-state index contributed by atoms with van der Waals surface area (Å²) >= 11 is 7.32. The van der Waals surface area contributed by atoms with Crippen molar-refractivity contribution in [1.29, 1.82) is 0 Å². The number of hydrogen-bond donors (Lipinski definition) is 0. The van der Waals surface area contributed by atoms with Gasteiger partial charge in [-0.1, -0.05) is 74.3 Å². The van der Waals surface area contributed by atoms with Crippen molar-refractivity contribution in [2.45, 2.75) is 6.42 Å². The molecule has 1 heterocycles. The maximum absolute atomic E-state index is 5.78. The molecule has 31 heavy (non-hydrogen) atoms. The van der Waals surface area contributed by atoms with Gasteiger partial charge in [-0.05, 0) is 62.8 Å². The van der Waals surface area contributed by atoms with E-state index in [1.807, 2.05) is 6.07 Å². The van der Waals surface area contributed by atoms with E-state index in [1.54, 1.807) is 7.11 Å². The quantitative estimate of drug-likeness (QED) is 0.210. The lowest BCUT2D eigenvalue weighted by molar-refractivity contribution is 0.414. The number of nitrogens with zero attached hydrogens (tertiary/aromatic N) is 1. The van der Waals surface area contributed by atoms with Crippen LogP contribution in [0.2, 0.25) is 0 Å². The molecule has 4 heteroatoms. The molecule has 0 bridgehead atoms. The Kier molecular flexibility index (Phi) is 4.41.